The minimum absolute atomic E-state index is 0.144. The van der Waals surface area contributed by atoms with Gasteiger partial charge in [0.05, 0.1) is 15.7 Å². The highest BCUT2D eigenvalue weighted by molar-refractivity contribution is 9.10. The standard InChI is InChI=1S/C25H23BrN8O3/c1-4-19-28-13(2)21(24(36)27-3)34(19)12-14-9-10-18-17(11-14)20(26)22(37-18)15-7-5-6-8-16(15)23(35)29-25-30-32-33-31-25/h5-11H,4,12H2,1-3H3,(H,27,36)(H2,29,30,31,32,33,35). The lowest BCUT2D eigenvalue weighted by atomic mass is 10.0. The van der Waals surface area contributed by atoms with E-state index in [0.717, 1.165) is 21.2 Å². The predicted molar refractivity (Wildman–Crippen MR) is 140 cm³/mol. The Balaban J connectivity index is 1.53. The molecule has 0 aliphatic rings. The fourth-order valence-corrected chi connectivity index (χ4v) is 4.92. The Bertz CT molecular complexity index is 1620. The first-order chi connectivity index (χ1) is 17.9. The predicted octanol–water partition coefficient (Wildman–Crippen LogP) is 4.10. The topological polar surface area (TPSA) is 144 Å². The van der Waals surface area contributed by atoms with Crippen molar-refractivity contribution in [2.45, 2.75) is 26.8 Å². The first kappa shape index (κ1) is 24.4. The summed E-state index contributed by atoms with van der Waals surface area (Å²) in [5, 5.41) is 19.4. The lowest BCUT2D eigenvalue weighted by molar-refractivity contribution is 0.0952. The molecule has 11 nitrogen and oxygen atoms in total. The molecule has 3 N–H and O–H groups in total. The van der Waals surface area contributed by atoms with Gasteiger partial charge >= 0.3 is 0 Å². The highest BCUT2D eigenvalue weighted by Crippen LogP contribution is 2.39. The Kier molecular flexibility index (Phi) is 6.57. The van der Waals surface area contributed by atoms with Crippen LogP contribution in [0.1, 0.15) is 44.9 Å². The summed E-state index contributed by atoms with van der Waals surface area (Å²) in [4.78, 5) is 30.1. The number of halogens is 1. The lowest BCUT2D eigenvalue weighted by Crippen LogP contribution is -2.23. The van der Waals surface area contributed by atoms with Crippen LogP contribution in [0.25, 0.3) is 22.3 Å². The van der Waals surface area contributed by atoms with Crippen LogP contribution >= 0.6 is 15.9 Å². The number of hydrogen-bond donors (Lipinski definition) is 3. The van der Waals surface area contributed by atoms with Gasteiger partial charge in [-0.3, -0.25) is 14.9 Å². The number of furan rings is 1. The van der Waals surface area contributed by atoms with Gasteiger partial charge in [0.25, 0.3) is 11.8 Å². The number of carbonyl (C=O) groups is 2. The van der Waals surface area contributed by atoms with E-state index in [9.17, 15) is 9.59 Å². The van der Waals surface area contributed by atoms with Gasteiger partial charge in [-0.2, -0.15) is 0 Å². The summed E-state index contributed by atoms with van der Waals surface area (Å²) in [6, 6.07) is 13.0. The maximum absolute atomic E-state index is 12.9. The van der Waals surface area contributed by atoms with E-state index in [-0.39, 0.29) is 17.8 Å². The van der Waals surface area contributed by atoms with Crippen molar-refractivity contribution >= 4 is 44.7 Å². The Morgan fingerprint density at radius 1 is 1.16 bits per heavy atom. The van der Waals surface area contributed by atoms with Crippen LogP contribution in [0.4, 0.5) is 5.95 Å². The Morgan fingerprint density at radius 2 is 1.97 bits per heavy atom. The van der Waals surface area contributed by atoms with E-state index in [1.54, 1.807) is 19.2 Å². The Labute approximate surface area is 219 Å². The number of hydrogen-bond acceptors (Lipinski definition) is 7. The van der Waals surface area contributed by atoms with Crippen molar-refractivity contribution in [1.29, 1.82) is 0 Å². The fourth-order valence-electron chi connectivity index (χ4n) is 4.31. The van der Waals surface area contributed by atoms with E-state index >= 15 is 0 Å². The number of anilines is 1. The number of carbonyl (C=O) groups excluding carboxylic acids is 2. The number of imidazole rings is 1. The summed E-state index contributed by atoms with van der Waals surface area (Å²) in [6.45, 7) is 4.33. The number of benzene rings is 2. The molecule has 5 rings (SSSR count). The summed E-state index contributed by atoms with van der Waals surface area (Å²) in [5.41, 5.74) is 3.88. The second-order valence-electron chi connectivity index (χ2n) is 8.31. The van der Waals surface area contributed by atoms with Crippen molar-refractivity contribution in [2.24, 2.45) is 0 Å². The van der Waals surface area contributed by atoms with Crippen LogP contribution in [0.3, 0.4) is 0 Å². The summed E-state index contributed by atoms with van der Waals surface area (Å²) in [5.74, 6) is 0.947. The van der Waals surface area contributed by atoms with Gasteiger partial charge in [0.15, 0.2) is 0 Å². The SMILES string of the molecule is CCc1nc(C)c(C(=O)NC)n1Cc1ccc2oc(-c3ccccc3C(=O)Nc3nnn[nH]3)c(Br)c2c1. The van der Waals surface area contributed by atoms with Crippen LogP contribution in [-0.2, 0) is 13.0 Å². The van der Waals surface area contributed by atoms with Gasteiger partial charge in [0, 0.05) is 31.0 Å². The molecule has 3 heterocycles. The minimum Gasteiger partial charge on any atom is -0.455 e. The van der Waals surface area contributed by atoms with Crippen molar-refractivity contribution in [3.63, 3.8) is 0 Å². The van der Waals surface area contributed by atoms with Crippen LogP contribution in [0.2, 0.25) is 0 Å². The quantitative estimate of drug-likeness (QED) is 0.271. The van der Waals surface area contributed by atoms with Gasteiger partial charge in [0.1, 0.15) is 22.9 Å². The average molecular weight is 563 g/mol. The van der Waals surface area contributed by atoms with Gasteiger partial charge in [-0.15, -0.1) is 0 Å². The van der Waals surface area contributed by atoms with Crippen molar-refractivity contribution in [3.05, 3.63) is 75.3 Å². The lowest BCUT2D eigenvalue weighted by Gasteiger charge is -2.11. The number of nitrogens with one attached hydrogen (secondary N) is 3. The number of aromatic amines is 1. The van der Waals surface area contributed by atoms with Crippen LogP contribution in [-0.4, -0.2) is 49.0 Å². The van der Waals surface area contributed by atoms with Gasteiger partial charge in [-0.25, -0.2) is 10.1 Å². The van der Waals surface area contributed by atoms with Crippen LogP contribution in [0.15, 0.2) is 51.4 Å². The molecule has 3 aromatic heterocycles. The number of fused-ring (bicyclic) bond motifs is 1. The molecule has 0 radical (unpaired) electrons. The Hall–Kier alpha value is -4.32. The third kappa shape index (κ3) is 4.51. The van der Waals surface area contributed by atoms with Crippen LogP contribution in [0, 0.1) is 6.92 Å². The summed E-state index contributed by atoms with van der Waals surface area (Å²) in [7, 11) is 1.61. The fraction of sp³-hybridized carbons (Fsp3) is 0.200. The van der Waals surface area contributed by atoms with E-state index in [1.165, 1.54) is 0 Å². The molecule has 0 unspecified atom stereocenters. The zero-order valence-electron chi connectivity index (χ0n) is 20.3. The van der Waals surface area contributed by atoms with Crippen molar-refractivity contribution < 1.29 is 14.0 Å². The zero-order valence-corrected chi connectivity index (χ0v) is 21.9. The molecule has 0 aliphatic carbocycles. The summed E-state index contributed by atoms with van der Waals surface area (Å²) >= 11 is 3.69. The molecule has 0 fully saturated rings. The number of aromatic nitrogens is 6. The molecule has 0 saturated heterocycles. The highest BCUT2D eigenvalue weighted by Gasteiger charge is 2.22. The van der Waals surface area contributed by atoms with E-state index in [1.807, 2.05) is 48.7 Å². The number of tetrazole rings is 1. The molecule has 12 heteroatoms. The first-order valence-electron chi connectivity index (χ1n) is 11.5. The van der Waals surface area contributed by atoms with Gasteiger partial charge in [0.2, 0.25) is 5.95 Å². The molecular weight excluding hydrogens is 540 g/mol. The normalized spacial score (nSPS) is 11.1. The number of H-pyrrole nitrogens is 1. The maximum atomic E-state index is 12.9. The third-order valence-corrected chi connectivity index (χ3v) is 6.79. The molecule has 0 saturated carbocycles. The molecule has 2 amide bonds. The van der Waals surface area contributed by atoms with E-state index < -0.39 is 0 Å². The van der Waals surface area contributed by atoms with Gasteiger partial charge in [-0.05, 0) is 57.0 Å². The van der Waals surface area contributed by atoms with E-state index in [2.05, 4.69) is 52.2 Å². The van der Waals surface area contributed by atoms with Crippen molar-refractivity contribution in [1.82, 2.24) is 35.5 Å². The molecule has 37 heavy (non-hydrogen) atoms. The zero-order chi connectivity index (χ0) is 26.1. The molecule has 0 spiro atoms. The average Bonchev–Trinajstić information content (AvgIpc) is 3.62. The number of aryl methyl sites for hydroxylation is 2. The van der Waals surface area contributed by atoms with Crippen molar-refractivity contribution in [3.8, 4) is 11.3 Å². The smallest absolute Gasteiger partial charge is 0.269 e. The number of nitrogens with zero attached hydrogens (tertiary/aromatic N) is 5. The molecule has 0 aliphatic heterocycles. The molecule has 2 aromatic carbocycles. The molecule has 188 valence electrons. The minimum atomic E-state index is -0.383. The monoisotopic (exact) mass is 562 g/mol. The second kappa shape index (κ2) is 9.97. The van der Waals surface area contributed by atoms with Crippen LogP contribution in [0.5, 0.6) is 0 Å². The molecule has 0 atom stereocenters. The number of amides is 2. The molecule has 0 bridgehead atoms. The van der Waals surface area contributed by atoms with E-state index in [0.29, 0.717) is 46.8 Å². The highest BCUT2D eigenvalue weighted by atomic mass is 79.9. The second-order valence-corrected chi connectivity index (χ2v) is 9.10. The largest absolute Gasteiger partial charge is 0.455 e. The molecule has 5 aromatic rings. The van der Waals surface area contributed by atoms with Crippen LogP contribution < -0.4 is 10.6 Å². The Morgan fingerprint density at radius 3 is 2.70 bits per heavy atom. The first-order valence-corrected chi connectivity index (χ1v) is 12.3. The summed E-state index contributed by atoms with van der Waals surface area (Å²) < 4.78 is 8.85. The maximum Gasteiger partial charge on any atom is 0.269 e. The van der Waals surface area contributed by atoms with Gasteiger partial charge < -0.3 is 14.3 Å². The van der Waals surface area contributed by atoms with E-state index in [4.69, 9.17) is 4.42 Å². The number of rotatable bonds is 7. The van der Waals surface area contributed by atoms with Gasteiger partial charge in [-0.1, -0.05) is 36.3 Å². The third-order valence-electron chi connectivity index (χ3n) is 6.01. The van der Waals surface area contributed by atoms with Crippen molar-refractivity contribution in [2.75, 3.05) is 12.4 Å². The molecular formula is C25H23BrN8O3. The summed E-state index contributed by atoms with van der Waals surface area (Å²) in [6.07, 6.45) is 0.697.